The smallest absolute Gasteiger partial charge is 0.195 e. The average Bonchev–Trinajstić information content (AvgIpc) is 2.89. The summed E-state index contributed by atoms with van der Waals surface area (Å²) < 4.78 is 13.1. The van der Waals surface area contributed by atoms with Crippen LogP contribution in [0.3, 0.4) is 0 Å². The molecule has 0 radical (unpaired) electrons. The van der Waals surface area contributed by atoms with Gasteiger partial charge in [-0.25, -0.2) is 4.39 Å². The van der Waals surface area contributed by atoms with Gasteiger partial charge in [-0.15, -0.1) is 0 Å². The summed E-state index contributed by atoms with van der Waals surface area (Å²) in [7, 11) is 0. The van der Waals surface area contributed by atoms with E-state index in [1.807, 2.05) is 0 Å². The van der Waals surface area contributed by atoms with Crippen LogP contribution in [0.4, 0.5) is 4.39 Å². The number of aromatic amines is 1. The van der Waals surface area contributed by atoms with Crippen LogP contribution in [0.15, 0.2) is 42.6 Å². The first-order valence-corrected chi connectivity index (χ1v) is 6.42. The predicted octanol–water partition coefficient (Wildman–Crippen LogP) is 3.72. The highest BCUT2D eigenvalue weighted by atomic mass is 19.1. The molecule has 3 nitrogen and oxygen atoms in total. The Morgan fingerprint density at radius 2 is 2.00 bits per heavy atom. The van der Waals surface area contributed by atoms with Gasteiger partial charge in [-0.3, -0.25) is 4.79 Å². The van der Waals surface area contributed by atoms with Crippen molar-refractivity contribution in [3.8, 4) is 6.07 Å². The third-order valence-electron chi connectivity index (χ3n) is 3.49. The summed E-state index contributed by atoms with van der Waals surface area (Å²) in [6, 6.07) is 11.3. The summed E-state index contributed by atoms with van der Waals surface area (Å²) in [6.45, 7) is 1.71. The molecule has 0 unspecified atom stereocenters. The van der Waals surface area contributed by atoms with E-state index in [0.717, 1.165) is 10.9 Å². The molecule has 0 amide bonds. The first-order valence-electron chi connectivity index (χ1n) is 6.42. The van der Waals surface area contributed by atoms with E-state index in [-0.39, 0.29) is 11.6 Å². The van der Waals surface area contributed by atoms with Gasteiger partial charge in [0.15, 0.2) is 5.78 Å². The van der Waals surface area contributed by atoms with Crippen molar-refractivity contribution in [2.24, 2.45) is 0 Å². The molecule has 0 bridgehead atoms. The van der Waals surface area contributed by atoms with E-state index >= 15 is 0 Å². The van der Waals surface area contributed by atoms with Crippen LogP contribution in [0.5, 0.6) is 0 Å². The molecule has 0 saturated heterocycles. The number of nitrogens with one attached hydrogen (secondary N) is 1. The highest BCUT2D eigenvalue weighted by Gasteiger charge is 2.16. The molecule has 0 spiro atoms. The first-order chi connectivity index (χ1) is 10.1. The second-order valence-electron chi connectivity index (χ2n) is 4.86. The molecule has 0 aliphatic carbocycles. The van der Waals surface area contributed by atoms with Crippen LogP contribution in [-0.4, -0.2) is 10.8 Å². The van der Waals surface area contributed by atoms with Gasteiger partial charge >= 0.3 is 0 Å². The van der Waals surface area contributed by atoms with E-state index in [4.69, 9.17) is 5.26 Å². The van der Waals surface area contributed by atoms with Gasteiger partial charge in [-0.05, 0) is 42.8 Å². The van der Waals surface area contributed by atoms with Crippen LogP contribution < -0.4 is 0 Å². The number of carbonyl (C=O) groups excluding carboxylic acids is 1. The fourth-order valence-corrected chi connectivity index (χ4v) is 2.41. The summed E-state index contributed by atoms with van der Waals surface area (Å²) in [6.07, 6.45) is 1.62. The van der Waals surface area contributed by atoms with Crippen LogP contribution >= 0.6 is 0 Å². The van der Waals surface area contributed by atoms with Crippen molar-refractivity contribution >= 4 is 16.7 Å². The van der Waals surface area contributed by atoms with Gasteiger partial charge in [0.25, 0.3) is 0 Å². The van der Waals surface area contributed by atoms with Crippen molar-refractivity contribution in [2.75, 3.05) is 0 Å². The molecule has 1 heterocycles. The number of benzene rings is 2. The number of fused-ring (bicyclic) bond motifs is 1. The number of carbonyl (C=O) groups is 1. The minimum Gasteiger partial charge on any atom is -0.360 e. The van der Waals surface area contributed by atoms with E-state index in [1.165, 1.54) is 18.2 Å². The highest BCUT2D eigenvalue weighted by molar-refractivity contribution is 6.17. The fraction of sp³-hybridized carbons (Fsp3) is 0.0588. The maximum Gasteiger partial charge on any atom is 0.195 e. The van der Waals surface area contributed by atoms with Crippen LogP contribution in [0.2, 0.25) is 0 Å². The molecule has 0 fully saturated rings. The van der Waals surface area contributed by atoms with E-state index in [9.17, 15) is 9.18 Å². The van der Waals surface area contributed by atoms with Crippen LogP contribution in [0, 0.1) is 24.1 Å². The van der Waals surface area contributed by atoms with Crippen molar-refractivity contribution in [1.82, 2.24) is 4.98 Å². The number of hydrogen-bond acceptors (Lipinski definition) is 2. The molecular weight excluding hydrogens is 267 g/mol. The van der Waals surface area contributed by atoms with Crippen LogP contribution in [0.1, 0.15) is 27.0 Å². The number of H-pyrrole nitrogens is 1. The molecule has 0 atom stereocenters. The molecular formula is C17H11FN2O. The van der Waals surface area contributed by atoms with E-state index in [1.54, 1.807) is 31.3 Å². The van der Waals surface area contributed by atoms with Crippen molar-refractivity contribution in [1.29, 1.82) is 5.26 Å². The number of aromatic nitrogens is 1. The normalized spacial score (nSPS) is 10.5. The lowest BCUT2D eigenvalue weighted by molar-refractivity contribution is 0.103. The number of nitriles is 1. The molecule has 21 heavy (non-hydrogen) atoms. The topological polar surface area (TPSA) is 56.6 Å². The van der Waals surface area contributed by atoms with Crippen molar-refractivity contribution in [3.63, 3.8) is 0 Å². The first kappa shape index (κ1) is 13.1. The standard InChI is InChI=1S/C17H11FN2O/c1-10-6-12(18)3-5-13(10)17(21)15-9-20-16-7-11(8-19)2-4-14(15)16/h2-7,9,20H,1H3. The molecule has 4 heteroatoms. The Hall–Kier alpha value is -2.93. The molecule has 3 aromatic rings. The summed E-state index contributed by atoms with van der Waals surface area (Å²) in [5.74, 6) is -0.523. The number of ketones is 1. The Labute approximate surface area is 120 Å². The zero-order valence-corrected chi connectivity index (χ0v) is 11.3. The van der Waals surface area contributed by atoms with Crippen molar-refractivity contribution in [2.45, 2.75) is 6.92 Å². The van der Waals surface area contributed by atoms with Gasteiger partial charge in [0, 0.05) is 28.2 Å². The molecule has 1 aromatic heterocycles. The van der Waals surface area contributed by atoms with E-state index < -0.39 is 0 Å². The summed E-state index contributed by atoms with van der Waals surface area (Å²) >= 11 is 0. The zero-order chi connectivity index (χ0) is 15.0. The third-order valence-corrected chi connectivity index (χ3v) is 3.49. The van der Waals surface area contributed by atoms with E-state index in [2.05, 4.69) is 11.1 Å². The summed E-state index contributed by atoms with van der Waals surface area (Å²) in [5, 5.41) is 9.64. The van der Waals surface area contributed by atoms with Gasteiger partial charge in [0.1, 0.15) is 5.82 Å². The monoisotopic (exact) mass is 278 g/mol. The molecule has 3 rings (SSSR count). The fourth-order valence-electron chi connectivity index (χ4n) is 2.41. The van der Waals surface area contributed by atoms with Gasteiger partial charge in [-0.1, -0.05) is 6.07 Å². The number of aryl methyl sites for hydroxylation is 1. The molecule has 0 aliphatic heterocycles. The van der Waals surface area contributed by atoms with Crippen LogP contribution in [0.25, 0.3) is 10.9 Å². The van der Waals surface area contributed by atoms with Gasteiger partial charge in [-0.2, -0.15) is 5.26 Å². The molecule has 0 saturated carbocycles. The lowest BCUT2D eigenvalue weighted by Crippen LogP contribution is -2.03. The lowest BCUT2D eigenvalue weighted by Gasteiger charge is -2.04. The number of halogens is 1. The number of rotatable bonds is 2. The SMILES string of the molecule is Cc1cc(F)ccc1C(=O)c1c[nH]c2cc(C#N)ccc12. The second-order valence-corrected chi connectivity index (χ2v) is 4.86. The molecule has 2 aromatic carbocycles. The maximum atomic E-state index is 13.1. The van der Waals surface area contributed by atoms with Gasteiger partial charge in [0.05, 0.1) is 11.6 Å². The summed E-state index contributed by atoms with van der Waals surface area (Å²) in [5.41, 5.74) is 2.85. The Bertz CT molecular complexity index is 903. The van der Waals surface area contributed by atoms with Crippen LogP contribution in [-0.2, 0) is 0 Å². The zero-order valence-electron chi connectivity index (χ0n) is 11.3. The predicted molar refractivity (Wildman–Crippen MR) is 77.6 cm³/mol. The minimum atomic E-state index is -0.360. The Morgan fingerprint density at radius 3 is 2.71 bits per heavy atom. The van der Waals surface area contributed by atoms with Crippen molar-refractivity contribution < 1.29 is 9.18 Å². The third kappa shape index (κ3) is 2.19. The van der Waals surface area contributed by atoms with Gasteiger partial charge < -0.3 is 4.98 Å². The number of nitrogens with zero attached hydrogens (tertiary/aromatic N) is 1. The molecule has 1 N–H and O–H groups in total. The maximum absolute atomic E-state index is 13.1. The highest BCUT2D eigenvalue weighted by Crippen LogP contribution is 2.23. The quantitative estimate of drug-likeness (QED) is 0.726. The largest absolute Gasteiger partial charge is 0.360 e. The Morgan fingerprint density at radius 1 is 1.19 bits per heavy atom. The number of hydrogen-bond donors (Lipinski definition) is 1. The average molecular weight is 278 g/mol. The second kappa shape index (κ2) is 4.88. The van der Waals surface area contributed by atoms with E-state index in [0.29, 0.717) is 22.3 Å². The summed E-state index contributed by atoms with van der Waals surface area (Å²) in [4.78, 5) is 15.6. The Kier molecular flexibility index (Phi) is 3.03. The molecule has 102 valence electrons. The Balaban J connectivity index is 2.12. The van der Waals surface area contributed by atoms with Crippen molar-refractivity contribution in [3.05, 3.63) is 70.7 Å². The lowest BCUT2D eigenvalue weighted by atomic mass is 9.98. The van der Waals surface area contributed by atoms with Gasteiger partial charge in [0.2, 0.25) is 0 Å². The minimum absolute atomic E-state index is 0.163. The molecule has 0 aliphatic rings.